The van der Waals surface area contributed by atoms with Crippen molar-refractivity contribution in [2.45, 2.75) is 32.2 Å². The van der Waals surface area contributed by atoms with E-state index in [4.69, 9.17) is 4.74 Å². The molecule has 7 nitrogen and oxygen atoms in total. The van der Waals surface area contributed by atoms with Crippen molar-refractivity contribution in [2.75, 3.05) is 20.2 Å². The van der Waals surface area contributed by atoms with Crippen LogP contribution < -0.4 is 0 Å². The number of H-pyrrole nitrogens is 1. The summed E-state index contributed by atoms with van der Waals surface area (Å²) in [5, 5.41) is 5.80. The van der Waals surface area contributed by atoms with Gasteiger partial charge in [0.25, 0.3) is 10.0 Å². The number of carbonyl (C=O) groups is 1. The molecule has 0 saturated carbocycles. The first-order valence-corrected chi connectivity index (χ1v) is 7.95. The molecule has 0 aliphatic rings. The number of nitrogens with zero attached hydrogens (tertiary/aromatic N) is 2. The highest BCUT2D eigenvalue weighted by atomic mass is 32.2. The fraction of sp³-hybridized carbons (Fsp3) is 0.667. The first-order valence-electron chi connectivity index (χ1n) is 6.51. The van der Waals surface area contributed by atoms with E-state index in [1.165, 1.54) is 17.5 Å². The normalized spacial score (nSPS) is 13.4. The predicted molar refractivity (Wildman–Crippen MR) is 73.8 cm³/mol. The third kappa shape index (κ3) is 3.57. The van der Waals surface area contributed by atoms with E-state index in [-0.39, 0.29) is 23.1 Å². The van der Waals surface area contributed by atoms with Gasteiger partial charge in [0.15, 0.2) is 5.03 Å². The third-order valence-electron chi connectivity index (χ3n) is 3.03. The van der Waals surface area contributed by atoms with E-state index in [1.54, 1.807) is 6.92 Å². The lowest BCUT2D eigenvalue weighted by Gasteiger charge is -2.19. The van der Waals surface area contributed by atoms with Gasteiger partial charge in [0.2, 0.25) is 0 Å². The minimum Gasteiger partial charge on any atom is -0.462 e. The second-order valence-electron chi connectivity index (χ2n) is 4.63. The lowest BCUT2D eigenvalue weighted by molar-refractivity contribution is 0.0521. The van der Waals surface area contributed by atoms with Crippen LogP contribution in [0.3, 0.4) is 0 Å². The van der Waals surface area contributed by atoms with E-state index in [0.29, 0.717) is 6.54 Å². The van der Waals surface area contributed by atoms with E-state index in [2.05, 4.69) is 10.2 Å². The van der Waals surface area contributed by atoms with E-state index >= 15 is 0 Å². The minimum absolute atomic E-state index is 0.0668. The summed E-state index contributed by atoms with van der Waals surface area (Å²) in [6.45, 7) is 6.16. The number of sulfonamides is 1. The average Bonchev–Trinajstić information content (AvgIpc) is 2.88. The van der Waals surface area contributed by atoms with Crippen molar-refractivity contribution in [3.8, 4) is 0 Å². The Hall–Kier alpha value is -1.41. The summed E-state index contributed by atoms with van der Waals surface area (Å²) in [5.41, 5.74) is -0.0668. The Kier molecular flexibility index (Phi) is 5.70. The standard InChI is InChI=1S/C12H21N3O4S/c1-5-9(3)8-15(4)20(17,18)11-10(7-13-14-11)12(16)19-6-2/h7,9H,5-6,8H2,1-4H3,(H,13,14). The van der Waals surface area contributed by atoms with Gasteiger partial charge in [0.1, 0.15) is 5.56 Å². The molecule has 0 spiro atoms. The number of hydrogen-bond donors (Lipinski definition) is 1. The maximum Gasteiger partial charge on any atom is 0.342 e. The van der Waals surface area contributed by atoms with Crippen molar-refractivity contribution in [2.24, 2.45) is 5.92 Å². The van der Waals surface area contributed by atoms with Gasteiger partial charge in [-0.15, -0.1) is 0 Å². The van der Waals surface area contributed by atoms with Gasteiger partial charge in [0, 0.05) is 13.6 Å². The van der Waals surface area contributed by atoms with Crippen molar-refractivity contribution >= 4 is 16.0 Å². The topological polar surface area (TPSA) is 92.4 Å². The second-order valence-corrected chi connectivity index (χ2v) is 6.61. The molecule has 1 aromatic heterocycles. The molecule has 0 radical (unpaired) electrons. The van der Waals surface area contributed by atoms with Crippen LogP contribution in [0.25, 0.3) is 0 Å². The van der Waals surface area contributed by atoms with Crippen molar-refractivity contribution in [3.63, 3.8) is 0 Å². The molecule has 8 heteroatoms. The first kappa shape index (κ1) is 16.6. The molecule has 1 unspecified atom stereocenters. The molecule has 20 heavy (non-hydrogen) atoms. The average molecular weight is 303 g/mol. The van der Waals surface area contributed by atoms with Gasteiger partial charge in [-0.25, -0.2) is 13.2 Å². The smallest absolute Gasteiger partial charge is 0.342 e. The fourth-order valence-corrected chi connectivity index (χ4v) is 2.99. The number of hydrogen-bond acceptors (Lipinski definition) is 5. The number of nitrogens with one attached hydrogen (secondary N) is 1. The van der Waals surface area contributed by atoms with Gasteiger partial charge in [0.05, 0.1) is 12.8 Å². The van der Waals surface area contributed by atoms with Crippen molar-refractivity contribution < 1.29 is 17.9 Å². The largest absolute Gasteiger partial charge is 0.462 e. The first-order chi connectivity index (χ1) is 9.34. The van der Waals surface area contributed by atoms with Crippen LogP contribution in [0.5, 0.6) is 0 Å². The van der Waals surface area contributed by atoms with Crippen molar-refractivity contribution in [1.29, 1.82) is 0 Å². The van der Waals surface area contributed by atoms with Gasteiger partial charge in [-0.1, -0.05) is 20.3 Å². The molecular formula is C12H21N3O4S. The SMILES string of the molecule is CCOC(=O)c1cn[nH]c1S(=O)(=O)N(C)CC(C)CC. The summed E-state index contributed by atoms with van der Waals surface area (Å²) in [4.78, 5) is 11.7. The summed E-state index contributed by atoms with van der Waals surface area (Å²) < 4.78 is 30.9. The zero-order valence-electron chi connectivity index (χ0n) is 12.2. The number of esters is 1. The van der Waals surface area contributed by atoms with Gasteiger partial charge >= 0.3 is 5.97 Å². The monoisotopic (exact) mass is 303 g/mol. The minimum atomic E-state index is -3.78. The molecule has 1 N–H and O–H groups in total. The molecule has 0 aliphatic carbocycles. The molecule has 1 rings (SSSR count). The zero-order chi connectivity index (χ0) is 15.3. The molecule has 1 atom stereocenters. The number of aromatic nitrogens is 2. The van der Waals surface area contributed by atoms with E-state index < -0.39 is 16.0 Å². The van der Waals surface area contributed by atoms with Crippen LogP contribution >= 0.6 is 0 Å². The summed E-state index contributed by atoms with van der Waals surface area (Å²) >= 11 is 0. The van der Waals surface area contributed by atoms with Crippen molar-refractivity contribution in [3.05, 3.63) is 11.8 Å². The van der Waals surface area contributed by atoms with Crippen LogP contribution in [0, 0.1) is 5.92 Å². The van der Waals surface area contributed by atoms with Crippen LogP contribution in [0.1, 0.15) is 37.6 Å². The molecule has 0 bridgehead atoms. The molecule has 0 aliphatic heterocycles. The molecule has 0 saturated heterocycles. The molecule has 0 fully saturated rings. The second kappa shape index (κ2) is 6.85. The zero-order valence-corrected chi connectivity index (χ0v) is 13.0. The Balaban J connectivity index is 3.04. The van der Waals surface area contributed by atoms with Crippen LogP contribution in [0.15, 0.2) is 11.2 Å². The van der Waals surface area contributed by atoms with Crippen LogP contribution in [-0.4, -0.2) is 49.1 Å². The van der Waals surface area contributed by atoms with E-state index in [1.807, 2.05) is 13.8 Å². The Bertz CT molecular complexity index is 553. The van der Waals surface area contributed by atoms with Gasteiger partial charge in [-0.2, -0.15) is 9.40 Å². The number of rotatable bonds is 7. The lowest BCUT2D eigenvalue weighted by Crippen LogP contribution is -2.32. The molecule has 1 heterocycles. The van der Waals surface area contributed by atoms with Crippen molar-refractivity contribution in [1.82, 2.24) is 14.5 Å². The van der Waals surface area contributed by atoms with Gasteiger partial charge < -0.3 is 4.74 Å². The Labute approximate surface area is 119 Å². The molecule has 0 amide bonds. The molecule has 0 aromatic carbocycles. The summed E-state index contributed by atoms with van der Waals surface area (Å²) in [6.07, 6.45) is 2.04. The predicted octanol–water partition coefficient (Wildman–Crippen LogP) is 1.25. The van der Waals surface area contributed by atoms with Crippen LogP contribution in [0.2, 0.25) is 0 Å². The van der Waals surface area contributed by atoms with Gasteiger partial charge in [-0.3, -0.25) is 5.10 Å². The van der Waals surface area contributed by atoms with E-state index in [0.717, 1.165) is 6.42 Å². The number of ether oxygens (including phenoxy) is 1. The maximum absolute atomic E-state index is 12.4. The highest BCUT2D eigenvalue weighted by Crippen LogP contribution is 2.18. The number of carbonyl (C=O) groups excluding carboxylic acids is 1. The third-order valence-corrected chi connectivity index (χ3v) is 4.83. The van der Waals surface area contributed by atoms with Crippen LogP contribution in [0.4, 0.5) is 0 Å². The Morgan fingerprint density at radius 2 is 2.15 bits per heavy atom. The van der Waals surface area contributed by atoms with E-state index in [9.17, 15) is 13.2 Å². The molecule has 1 aromatic rings. The van der Waals surface area contributed by atoms with Gasteiger partial charge in [-0.05, 0) is 12.8 Å². The maximum atomic E-state index is 12.4. The number of aromatic amines is 1. The summed E-state index contributed by atoms with van der Waals surface area (Å²) in [6, 6.07) is 0. The summed E-state index contributed by atoms with van der Waals surface area (Å²) in [7, 11) is -2.30. The molecular weight excluding hydrogens is 282 g/mol. The molecule has 114 valence electrons. The summed E-state index contributed by atoms with van der Waals surface area (Å²) in [5.74, 6) is -0.472. The highest BCUT2D eigenvalue weighted by molar-refractivity contribution is 7.89. The van der Waals surface area contributed by atoms with Crippen LogP contribution in [-0.2, 0) is 14.8 Å². The lowest BCUT2D eigenvalue weighted by atomic mass is 10.1. The highest BCUT2D eigenvalue weighted by Gasteiger charge is 2.30. The quantitative estimate of drug-likeness (QED) is 0.765. The Morgan fingerprint density at radius 3 is 2.70 bits per heavy atom. The Morgan fingerprint density at radius 1 is 1.50 bits per heavy atom. The fourth-order valence-electron chi connectivity index (χ4n) is 1.65.